The van der Waals surface area contributed by atoms with Crippen LogP contribution in [0.2, 0.25) is 0 Å². The highest BCUT2D eigenvalue weighted by Crippen LogP contribution is 2.42. The van der Waals surface area contributed by atoms with Crippen molar-refractivity contribution < 1.29 is 4.74 Å². The normalized spacial score (nSPS) is 15.8. The number of hydrogen-bond acceptors (Lipinski definition) is 7. The highest BCUT2D eigenvalue weighted by atomic mass is 32.1. The van der Waals surface area contributed by atoms with Crippen molar-refractivity contribution in [2.45, 2.75) is 45.6 Å². The summed E-state index contributed by atoms with van der Waals surface area (Å²) in [5.74, 6) is 0.898. The number of ether oxygens (including phenoxy) is 1. The third-order valence-corrected chi connectivity index (χ3v) is 8.55. The van der Waals surface area contributed by atoms with Gasteiger partial charge in [-0.1, -0.05) is 35.7 Å². The number of aryl methyl sites for hydroxylation is 2. The van der Waals surface area contributed by atoms with E-state index in [1.165, 1.54) is 30.4 Å². The summed E-state index contributed by atoms with van der Waals surface area (Å²) >= 11 is 3.27. The van der Waals surface area contributed by atoms with E-state index in [0.717, 1.165) is 61.9 Å². The van der Waals surface area contributed by atoms with Crippen LogP contribution in [0.1, 0.15) is 36.8 Å². The molecule has 7 heteroatoms. The van der Waals surface area contributed by atoms with E-state index in [1.807, 2.05) is 29.4 Å². The molecule has 37 heavy (non-hydrogen) atoms. The summed E-state index contributed by atoms with van der Waals surface area (Å²) < 4.78 is 6.68. The molecule has 1 saturated heterocycles. The number of nitrogens with zero attached hydrogens (tertiary/aromatic N) is 3. The largest absolute Gasteiger partial charge is 0.492 e. The Labute approximate surface area is 225 Å². The van der Waals surface area contributed by atoms with E-state index < -0.39 is 0 Å². The Balaban J connectivity index is 1.50. The number of piperidine rings is 1. The highest BCUT2D eigenvalue weighted by Gasteiger charge is 2.20. The lowest BCUT2D eigenvalue weighted by molar-refractivity contribution is 0.271. The van der Waals surface area contributed by atoms with Crippen LogP contribution in [0.25, 0.3) is 43.2 Å². The number of fused-ring (bicyclic) bond motifs is 1. The molecule has 4 heterocycles. The van der Waals surface area contributed by atoms with Crippen LogP contribution in [0.15, 0.2) is 59.7 Å². The summed E-state index contributed by atoms with van der Waals surface area (Å²) in [7, 11) is 0. The monoisotopic (exact) mass is 526 g/mol. The number of aromatic nitrogens is 3. The molecule has 0 saturated carbocycles. The van der Waals surface area contributed by atoms with E-state index in [0.29, 0.717) is 12.6 Å². The summed E-state index contributed by atoms with van der Waals surface area (Å²) in [6.45, 7) is 6.05. The molecule has 1 N–H and O–H groups in total. The molecule has 0 radical (unpaired) electrons. The highest BCUT2D eigenvalue weighted by molar-refractivity contribution is 7.14. The van der Waals surface area contributed by atoms with Gasteiger partial charge in [0.05, 0.1) is 12.1 Å². The molecule has 5 nitrogen and oxygen atoms in total. The third-order valence-electron chi connectivity index (χ3n) is 6.94. The van der Waals surface area contributed by atoms with Gasteiger partial charge >= 0.3 is 0 Å². The second-order valence-electron chi connectivity index (χ2n) is 9.75. The van der Waals surface area contributed by atoms with Crippen molar-refractivity contribution in [1.82, 2.24) is 20.3 Å². The SMILES string of the molecule is Cc1cc(C)cc(-c2cnc3cc(-c4nccs4)c(-c4nccs4)cc3c2OCCC2CCCCN2)c1. The van der Waals surface area contributed by atoms with Gasteiger partial charge in [-0.25, -0.2) is 9.97 Å². The first-order chi connectivity index (χ1) is 18.2. The van der Waals surface area contributed by atoms with Gasteiger partial charge in [-0.05, 0) is 57.4 Å². The molecule has 0 bridgehead atoms. The van der Waals surface area contributed by atoms with Gasteiger partial charge in [0.15, 0.2) is 0 Å². The molecule has 6 rings (SSSR count). The van der Waals surface area contributed by atoms with Gasteiger partial charge in [-0.3, -0.25) is 4.98 Å². The summed E-state index contributed by atoms with van der Waals surface area (Å²) in [5.41, 5.74) is 7.66. The molecule has 1 unspecified atom stereocenters. The zero-order valence-corrected chi connectivity index (χ0v) is 22.8. The van der Waals surface area contributed by atoms with Crippen LogP contribution in [-0.2, 0) is 0 Å². The van der Waals surface area contributed by atoms with Crippen LogP contribution in [-0.4, -0.2) is 34.1 Å². The second-order valence-corrected chi connectivity index (χ2v) is 11.5. The maximum Gasteiger partial charge on any atom is 0.138 e. The number of hydrogen-bond donors (Lipinski definition) is 1. The predicted molar refractivity (Wildman–Crippen MR) is 155 cm³/mol. The van der Waals surface area contributed by atoms with E-state index in [4.69, 9.17) is 9.72 Å². The van der Waals surface area contributed by atoms with Crippen molar-refractivity contribution in [3.8, 4) is 38.0 Å². The Hall–Kier alpha value is -3.13. The molecule has 1 atom stereocenters. The van der Waals surface area contributed by atoms with Crippen LogP contribution in [0.3, 0.4) is 0 Å². The summed E-state index contributed by atoms with van der Waals surface area (Å²) in [5, 5.41) is 10.6. The fraction of sp³-hybridized carbons (Fsp3) is 0.300. The van der Waals surface area contributed by atoms with Gasteiger partial charge in [0.2, 0.25) is 0 Å². The average Bonchev–Trinajstić information content (AvgIpc) is 3.63. The lowest BCUT2D eigenvalue weighted by Gasteiger charge is -2.24. The molecule has 2 aromatic carbocycles. The zero-order chi connectivity index (χ0) is 25.2. The minimum atomic E-state index is 0.522. The van der Waals surface area contributed by atoms with E-state index in [2.05, 4.69) is 59.5 Å². The predicted octanol–water partition coefficient (Wildman–Crippen LogP) is 7.68. The minimum absolute atomic E-state index is 0.522. The Morgan fingerprint density at radius 3 is 2.24 bits per heavy atom. The van der Waals surface area contributed by atoms with Gasteiger partial charge in [0, 0.05) is 57.5 Å². The smallest absolute Gasteiger partial charge is 0.138 e. The van der Waals surface area contributed by atoms with Crippen LogP contribution >= 0.6 is 22.7 Å². The average molecular weight is 527 g/mol. The van der Waals surface area contributed by atoms with Gasteiger partial charge in [-0.15, -0.1) is 22.7 Å². The maximum absolute atomic E-state index is 6.68. The Morgan fingerprint density at radius 2 is 1.59 bits per heavy atom. The number of nitrogens with one attached hydrogen (secondary N) is 1. The molecular formula is C30H30N4OS2. The molecule has 0 amide bonds. The van der Waals surface area contributed by atoms with Crippen LogP contribution in [0.5, 0.6) is 5.75 Å². The minimum Gasteiger partial charge on any atom is -0.492 e. The van der Waals surface area contributed by atoms with Gasteiger partial charge in [0.1, 0.15) is 15.8 Å². The Bertz CT molecular complexity index is 1490. The molecule has 0 aliphatic carbocycles. The Morgan fingerprint density at radius 1 is 0.865 bits per heavy atom. The van der Waals surface area contributed by atoms with E-state index >= 15 is 0 Å². The van der Waals surface area contributed by atoms with Gasteiger partial charge < -0.3 is 10.1 Å². The molecule has 1 aliphatic heterocycles. The molecule has 1 fully saturated rings. The summed E-state index contributed by atoms with van der Waals surface area (Å²) in [6.07, 6.45) is 10.4. The van der Waals surface area contributed by atoms with Crippen molar-refractivity contribution in [2.75, 3.05) is 13.2 Å². The third kappa shape index (κ3) is 5.17. The second kappa shape index (κ2) is 10.7. The molecule has 0 spiro atoms. The van der Waals surface area contributed by atoms with Gasteiger partial charge in [0.25, 0.3) is 0 Å². The first kappa shape index (κ1) is 24.2. The van der Waals surface area contributed by atoms with Crippen molar-refractivity contribution in [3.63, 3.8) is 0 Å². The summed E-state index contributed by atoms with van der Waals surface area (Å²) in [4.78, 5) is 14.2. The van der Waals surface area contributed by atoms with Crippen LogP contribution in [0, 0.1) is 13.8 Å². The van der Waals surface area contributed by atoms with Crippen molar-refractivity contribution in [2.24, 2.45) is 0 Å². The maximum atomic E-state index is 6.68. The molecule has 188 valence electrons. The fourth-order valence-electron chi connectivity index (χ4n) is 5.25. The number of thiazole rings is 2. The number of pyridine rings is 1. The molecule has 5 aromatic rings. The van der Waals surface area contributed by atoms with Gasteiger partial charge in [-0.2, -0.15) is 0 Å². The standard InChI is InChI=1S/C30H30N4OS2/c1-19-13-20(2)15-21(14-19)26-18-34-27-17-24(30-33-9-12-37-30)23(29-32-8-11-36-29)16-25(27)28(26)35-10-6-22-5-3-4-7-31-22/h8-9,11-18,22,31H,3-7,10H2,1-2H3. The summed E-state index contributed by atoms with van der Waals surface area (Å²) in [6, 6.07) is 11.5. The lowest BCUT2D eigenvalue weighted by Crippen LogP contribution is -2.35. The van der Waals surface area contributed by atoms with E-state index in [1.54, 1.807) is 22.7 Å². The first-order valence-electron chi connectivity index (χ1n) is 12.9. The molecule has 1 aliphatic rings. The zero-order valence-electron chi connectivity index (χ0n) is 21.2. The number of rotatable bonds is 7. The van der Waals surface area contributed by atoms with E-state index in [9.17, 15) is 0 Å². The van der Waals surface area contributed by atoms with Crippen molar-refractivity contribution in [3.05, 3.63) is 70.8 Å². The Kier molecular flexibility index (Phi) is 7.00. The molecular weight excluding hydrogens is 496 g/mol. The van der Waals surface area contributed by atoms with Crippen molar-refractivity contribution in [1.29, 1.82) is 0 Å². The lowest BCUT2D eigenvalue weighted by atomic mass is 9.97. The van der Waals surface area contributed by atoms with Crippen LogP contribution in [0.4, 0.5) is 0 Å². The quantitative estimate of drug-likeness (QED) is 0.236. The topological polar surface area (TPSA) is 59.9 Å². The number of benzene rings is 2. The van der Waals surface area contributed by atoms with Crippen molar-refractivity contribution >= 4 is 33.6 Å². The van der Waals surface area contributed by atoms with Crippen LogP contribution < -0.4 is 10.1 Å². The molecule has 3 aromatic heterocycles. The first-order valence-corrected chi connectivity index (χ1v) is 14.6. The fourth-order valence-corrected chi connectivity index (χ4v) is 6.58. The van der Waals surface area contributed by atoms with E-state index in [-0.39, 0.29) is 0 Å².